The number of hydrogen-bond acceptors (Lipinski definition) is 5. The molecule has 24 heavy (non-hydrogen) atoms. The number of anilines is 1. The van der Waals surface area contributed by atoms with Crippen LogP contribution in [0, 0.1) is 0 Å². The van der Waals surface area contributed by atoms with E-state index in [-0.39, 0.29) is 11.2 Å². The second kappa shape index (κ2) is 6.27. The van der Waals surface area contributed by atoms with Gasteiger partial charge in [-0.05, 0) is 24.1 Å². The summed E-state index contributed by atoms with van der Waals surface area (Å²) < 4.78 is 2.50. The summed E-state index contributed by atoms with van der Waals surface area (Å²) in [6.45, 7) is 2.49. The van der Waals surface area contributed by atoms with Crippen molar-refractivity contribution in [1.82, 2.24) is 19.1 Å². The van der Waals surface area contributed by atoms with E-state index in [1.54, 1.807) is 19.4 Å². The number of nitrogens with zero attached hydrogens (tertiary/aromatic N) is 4. The fourth-order valence-corrected chi connectivity index (χ4v) is 2.72. The first-order valence-corrected chi connectivity index (χ1v) is 7.76. The van der Waals surface area contributed by atoms with Gasteiger partial charge in [-0.15, -0.1) is 0 Å². The van der Waals surface area contributed by atoms with Crippen LogP contribution in [0.3, 0.4) is 0 Å². The maximum atomic E-state index is 12.7. The summed E-state index contributed by atoms with van der Waals surface area (Å²) in [5.74, 6) is 0. The van der Waals surface area contributed by atoms with Crippen LogP contribution in [0.25, 0.3) is 11.0 Å². The second-order valence-corrected chi connectivity index (χ2v) is 5.59. The van der Waals surface area contributed by atoms with Gasteiger partial charge in [-0.25, -0.2) is 9.78 Å². The Morgan fingerprint density at radius 2 is 1.92 bits per heavy atom. The van der Waals surface area contributed by atoms with Crippen molar-refractivity contribution in [1.29, 1.82) is 0 Å². The average Bonchev–Trinajstić information content (AvgIpc) is 2.62. The summed E-state index contributed by atoms with van der Waals surface area (Å²) in [5.41, 5.74) is 2.15. The molecule has 0 amide bonds. The van der Waals surface area contributed by atoms with E-state index in [0.29, 0.717) is 23.3 Å². The molecule has 0 aromatic carbocycles. The Morgan fingerprint density at radius 3 is 2.58 bits per heavy atom. The molecular weight excluding hydrogens is 306 g/mol. The number of fused-ring (bicyclic) bond motifs is 1. The minimum absolute atomic E-state index is 0.348. The molecule has 0 saturated carbocycles. The largest absolute Gasteiger partial charge is 0.378 e. The van der Waals surface area contributed by atoms with E-state index in [4.69, 9.17) is 0 Å². The Labute approximate surface area is 138 Å². The highest BCUT2D eigenvalue weighted by atomic mass is 16.2. The molecular formula is C17H19N5O2. The number of aryl methyl sites for hydroxylation is 2. The van der Waals surface area contributed by atoms with Crippen LogP contribution < -0.4 is 16.6 Å². The zero-order valence-electron chi connectivity index (χ0n) is 13.9. The fourth-order valence-electron chi connectivity index (χ4n) is 2.72. The van der Waals surface area contributed by atoms with Crippen molar-refractivity contribution < 1.29 is 0 Å². The Bertz CT molecular complexity index is 1010. The molecule has 0 aliphatic carbocycles. The minimum Gasteiger partial charge on any atom is -0.378 e. The number of aromatic nitrogens is 4. The topological polar surface area (TPSA) is 81.8 Å². The van der Waals surface area contributed by atoms with Crippen molar-refractivity contribution in [3.8, 4) is 0 Å². The lowest BCUT2D eigenvalue weighted by atomic mass is 10.1. The predicted octanol–water partition coefficient (Wildman–Crippen LogP) is 1.20. The monoisotopic (exact) mass is 325 g/mol. The van der Waals surface area contributed by atoms with E-state index in [1.165, 1.54) is 11.6 Å². The first kappa shape index (κ1) is 15.9. The highest BCUT2D eigenvalue weighted by molar-refractivity contribution is 5.90. The highest BCUT2D eigenvalue weighted by Crippen LogP contribution is 2.23. The zero-order chi connectivity index (χ0) is 17.3. The van der Waals surface area contributed by atoms with Gasteiger partial charge in [-0.2, -0.15) is 0 Å². The van der Waals surface area contributed by atoms with Crippen LogP contribution in [0.5, 0.6) is 0 Å². The second-order valence-electron chi connectivity index (χ2n) is 5.59. The molecule has 3 aromatic rings. The minimum atomic E-state index is -0.389. The standard InChI is InChI=1S/C17H19N5O2/c1-4-11-9-20-15-13(16(23)22(3)17(24)21(15)2)14(11)19-10-12-7-5-6-8-18-12/h5-9H,4,10H2,1-3H3,(H,19,20). The van der Waals surface area contributed by atoms with Crippen LogP contribution >= 0.6 is 0 Å². The lowest BCUT2D eigenvalue weighted by Crippen LogP contribution is -2.37. The summed E-state index contributed by atoms with van der Waals surface area (Å²) >= 11 is 0. The Balaban J connectivity index is 2.21. The van der Waals surface area contributed by atoms with Crippen LogP contribution in [0.1, 0.15) is 18.2 Å². The molecule has 3 heterocycles. The van der Waals surface area contributed by atoms with Crippen molar-refractivity contribution in [3.05, 3.63) is 62.7 Å². The molecule has 0 aliphatic heterocycles. The zero-order valence-corrected chi connectivity index (χ0v) is 13.9. The van der Waals surface area contributed by atoms with Crippen LogP contribution in [-0.2, 0) is 27.1 Å². The smallest absolute Gasteiger partial charge is 0.332 e. The lowest BCUT2D eigenvalue weighted by molar-refractivity contribution is 0.707. The fraction of sp³-hybridized carbons (Fsp3) is 0.294. The van der Waals surface area contributed by atoms with Crippen LogP contribution in [0.4, 0.5) is 5.69 Å². The van der Waals surface area contributed by atoms with Gasteiger partial charge in [0.1, 0.15) is 5.39 Å². The predicted molar refractivity (Wildman–Crippen MR) is 93.2 cm³/mol. The SMILES string of the molecule is CCc1cnc2c(c1NCc1ccccn1)c(=O)n(C)c(=O)n2C. The van der Waals surface area contributed by atoms with Crippen LogP contribution in [0.15, 0.2) is 40.2 Å². The molecule has 0 aliphatic rings. The number of rotatable bonds is 4. The molecule has 0 atom stereocenters. The third-order valence-corrected chi connectivity index (χ3v) is 4.10. The maximum absolute atomic E-state index is 12.7. The van der Waals surface area contributed by atoms with Crippen LogP contribution in [0.2, 0.25) is 0 Å². The molecule has 0 fully saturated rings. The van der Waals surface area contributed by atoms with Crippen LogP contribution in [-0.4, -0.2) is 19.1 Å². The quantitative estimate of drug-likeness (QED) is 0.779. The summed E-state index contributed by atoms with van der Waals surface area (Å²) in [4.78, 5) is 33.4. The van der Waals surface area contributed by atoms with Gasteiger partial charge < -0.3 is 5.32 Å². The van der Waals surface area contributed by atoms with Gasteiger partial charge in [0.05, 0.1) is 17.9 Å². The van der Waals surface area contributed by atoms with Gasteiger partial charge >= 0.3 is 5.69 Å². The van der Waals surface area contributed by atoms with Gasteiger partial charge in [0.25, 0.3) is 5.56 Å². The van der Waals surface area contributed by atoms with E-state index in [9.17, 15) is 9.59 Å². The molecule has 0 radical (unpaired) electrons. The maximum Gasteiger partial charge on any atom is 0.332 e. The summed E-state index contributed by atoms with van der Waals surface area (Å²) in [6, 6.07) is 5.68. The first-order valence-electron chi connectivity index (χ1n) is 7.76. The van der Waals surface area contributed by atoms with Crippen molar-refractivity contribution >= 4 is 16.7 Å². The van der Waals surface area contributed by atoms with Gasteiger partial charge in [-0.3, -0.25) is 18.9 Å². The molecule has 0 spiro atoms. The number of hydrogen-bond donors (Lipinski definition) is 1. The third-order valence-electron chi connectivity index (χ3n) is 4.10. The average molecular weight is 325 g/mol. The molecule has 1 N–H and O–H groups in total. The molecule has 0 unspecified atom stereocenters. The molecule has 7 heteroatoms. The first-order chi connectivity index (χ1) is 11.5. The number of pyridine rings is 2. The van der Waals surface area contributed by atoms with Crippen molar-refractivity contribution in [2.75, 3.05) is 5.32 Å². The molecule has 0 bridgehead atoms. The van der Waals surface area contributed by atoms with E-state index in [1.807, 2.05) is 25.1 Å². The highest BCUT2D eigenvalue weighted by Gasteiger charge is 2.16. The van der Waals surface area contributed by atoms with E-state index < -0.39 is 0 Å². The Kier molecular flexibility index (Phi) is 4.16. The Hall–Kier alpha value is -2.96. The summed E-state index contributed by atoms with van der Waals surface area (Å²) in [6.07, 6.45) is 4.16. The summed E-state index contributed by atoms with van der Waals surface area (Å²) in [7, 11) is 3.09. The molecule has 0 saturated heterocycles. The summed E-state index contributed by atoms with van der Waals surface area (Å²) in [5, 5.41) is 3.73. The van der Waals surface area contributed by atoms with Gasteiger partial charge in [0.15, 0.2) is 5.65 Å². The van der Waals surface area contributed by atoms with Gasteiger partial charge in [0.2, 0.25) is 0 Å². The molecule has 3 rings (SSSR count). The molecule has 124 valence electrons. The van der Waals surface area contributed by atoms with Gasteiger partial charge in [-0.1, -0.05) is 13.0 Å². The van der Waals surface area contributed by atoms with E-state index in [2.05, 4.69) is 15.3 Å². The van der Waals surface area contributed by atoms with Crippen molar-refractivity contribution in [3.63, 3.8) is 0 Å². The normalized spacial score (nSPS) is 11.0. The third kappa shape index (κ3) is 2.58. The van der Waals surface area contributed by atoms with E-state index in [0.717, 1.165) is 22.2 Å². The van der Waals surface area contributed by atoms with Gasteiger partial charge in [0, 0.05) is 26.5 Å². The Morgan fingerprint density at radius 1 is 1.12 bits per heavy atom. The van der Waals surface area contributed by atoms with Crippen molar-refractivity contribution in [2.45, 2.75) is 19.9 Å². The lowest BCUT2D eigenvalue weighted by Gasteiger charge is -2.15. The number of nitrogens with one attached hydrogen (secondary N) is 1. The van der Waals surface area contributed by atoms with Crippen molar-refractivity contribution in [2.24, 2.45) is 14.1 Å². The molecule has 7 nitrogen and oxygen atoms in total. The van der Waals surface area contributed by atoms with E-state index >= 15 is 0 Å². The molecule has 3 aromatic heterocycles.